The molecule has 7 nitrogen and oxygen atoms in total. The van der Waals surface area contributed by atoms with Gasteiger partial charge in [0.05, 0.1) is 20.3 Å². The van der Waals surface area contributed by atoms with Gasteiger partial charge >= 0.3 is 0 Å². The summed E-state index contributed by atoms with van der Waals surface area (Å²) in [4.78, 5) is 4.00. The van der Waals surface area contributed by atoms with Gasteiger partial charge in [-0.15, -0.1) is 0 Å². The summed E-state index contributed by atoms with van der Waals surface area (Å²) in [5.41, 5.74) is 11.6. The average molecular weight is 365 g/mol. The molecule has 3 N–H and O–H groups in total. The number of rotatable bonds is 6. The van der Waals surface area contributed by atoms with E-state index < -0.39 is 0 Å². The second-order valence-electron chi connectivity index (χ2n) is 6.11. The van der Waals surface area contributed by atoms with Crippen LogP contribution >= 0.6 is 0 Å². The van der Waals surface area contributed by atoms with E-state index in [9.17, 15) is 0 Å². The summed E-state index contributed by atoms with van der Waals surface area (Å²) in [7, 11) is 4.11. The van der Waals surface area contributed by atoms with Crippen LogP contribution in [0.25, 0.3) is 11.0 Å². The lowest BCUT2D eigenvalue weighted by Gasteiger charge is -2.05. The molecule has 7 heteroatoms. The van der Waals surface area contributed by atoms with E-state index in [4.69, 9.17) is 10.5 Å². The molecule has 0 unspecified atom stereocenters. The number of hydrazone groups is 1. The molecule has 3 aromatic rings. The smallest absolute Gasteiger partial charge is 0.295 e. The van der Waals surface area contributed by atoms with Gasteiger partial charge in [-0.05, 0) is 48.9 Å². The van der Waals surface area contributed by atoms with Gasteiger partial charge in [0.15, 0.2) is 17.6 Å². The van der Waals surface area contributed by atoms with Gasteiger partial charge in [-0.1, -0.05) is 12.1 Å². The molecule has 0 aliphatic rings. The first kappa shape index (κ1) is 18.4. The molecule has 2 aromatic carbocycles. The van der Waals surface area contributed by atoms with Crippen LogP contribution in [0.1, 0.15) is 18.3 Å². The lowest BCUT2D eigenvalue weighted by molar-refractivity contribution is -0.655. The van der Waals surface area contributed by atoms with Crippen molar-refractivity contribution in [3.8, 4) is 5.75 Å². The quantitative estimate of drug-likeness (QED) is 0.303. The maximum atomic E-state index is 5.97. The first-order chi connectivity index (χ1) is 13.1. The highest BCUT2D eigenvalue weighted by molar-refractivity contribution is 5.83. The number of imidazole rings is 1. The maximum Gasteiger partial charge on any atom is 0.295 e. The minimum absolute atomic E-state index is 0.302. The molecule has 1 aromatic heterocycles. The van der Waals surface area contributed by atoms with Gasteiger partial charge in [0, 0.05) is 6.54 Å². The highest BCUT2D eigenvalue weighted by atomic mass is 16.5. The number of guanidine groups is 1. The summed E-state index contributed by atoms with van der Waals surface area (Å²) in [6.45, 7) is 3.02. The number of aromatic nitrogens is 2. The summed E-state index contributed by atoms with van der Waals surface area (Å²) >= 11 is 0. The molecule has 0 amide bonds. The van der Waals surface area contributed by atoms with Crippen molar-refractivity contribution in [3.63, 3.8) is 0 Å². The summed E-state index contributed by atoms with van der Waals surface area (Å²) in [6, 6.07) is 16.0. The molecule has 1 heterocycles. The van der Waals surface area contributed by atoms with Crippen LogP contribution in [0, 0.1) is 0 Å². The Bertz CT molecular complexity index is 933. The number of nitrogens with zero attached hydrogens (tertiary/aromatic N) is 4. The van der Waals surface area contributed by atoms with Gasteiger partial charge in [-0.25, -0.2) is 14.6 Å². The fourth-order valence-electron chi connectivity index (χ4n) is 2.90. The molecule has 27 heavy (non-hydrogen) atoms. The second-order valence-corrected chi connectivity index (χ2v) is 6.11. The molecule has 0 saturated carbocycles. The summed E-state index contributed by atoms with van der Waals surface area (Å²) < 4.78 is 10.3. The topological polar surface area (TPSA) is 80.8 Å². The Morgan fingerprint density at radius 1 is 1.22 bits per heavy atom. The van der Waals surface area contributed by atoms with Crippen LogP contribution in [0.3, 0.4) is 0 Å². The number of benzene rings is 2. The number of nitrogens with two attached hydrogens (primary N) is 1. The van der Waals surface area contributed by atoms with E-state index in [1.165, 1.54) is 11.0 Å². The van der Waals surface area contributed by atoms with Gasteiger partial charge in [-0.3, -0.25) is 4.99 Å². The first-order valence-corrected chi connectivity index (χ1v) is 8.84. The van der Waals surface area contributed by atoms with Crippen molar-refractivity contribution in [2.75, 3.05) is 6.54 Å². The van der Waals surface area contributed by atoms with Crippen LogP contribution in [0.4, 0.5) is 0 Å². The van der Waals surface area contributed by atoms with Crippen LogP contribution in [0.15, 0.2) is 58.6 Å². The predicted molar refractivity (Wildman–Crippen MR) is 108 cm³/mol. The highest BCUT2D eigenvalue weighted by Crippen LogP contribution is 2.16. The van der Waals surface area contributed by atoms with Crippen molar-refractivity contribution in [1.29, 1.82) is 0 Å². The van der Waals surface area contributed by atoms with Gasteiger partial charge in [-0.2, -0.15) is 5.10 Å². The number of fused-ring (bicyclic) bond motifs is 1. The van der Waals surface area contributed by atoms with Crippen molar-refractivity contribution in [2.24, 2.45) is 29.9 Å². The Hall–Kier alpha value is -3.35. The zero-order valence-corrected chi connectivity index (χ0v) is 15.9. The number of hydrogen-bond donors (Lipinski definition) is 2. The van der Waals surface area contributed by atoms with E-state index in [2.05, 4.69) is 50.9 Å². The third kappa shape index (κ3) is 4.25. The molecule has 0 bridgehead atoms. The van der Waals surface area contributed by atoms with E-state index in [1.807, 2.05) is 43.3 Å². The lowest BCUT2D eigenvalue weighted by Crippen LogP contribution is -2.33. The van der Waals surface area contributed by atoms with Crippen molar-refractivity contribution >= 4 is 23.2 Å². The number of hydrogen-bond acceptors (Lipinski definition) is 3. The number of para-hydroxylation sites is 2. The standard InChI is InChI=1S/C20H25N6O/c1-4-22-20(21)24-23-13-15-9-11-16(12-10-15)27-14-19-25(2)17-7-5-6-8-18(17)26(19)3/h5-13H,4,14H2,1-3H3,(H3,21,22,24)/q+1/b23-13+. The normalized spacial score (nSPS) is 12.0. The molecule has 0 radical (unpaired) electrons. The Kier molecular flexibility index (Phi) is 5.71. The van der Waals surface area contributed by atoms with Gasteiger partial charge < -0.3 is 10.5 Å². The molecule has 0 saturated heterocycles. The third-order valence-electron chi connectivity index (χ3n) is 4.35. The molecule has 0 aliphatic carbocycles. The van der Waals surface area contributed by atoms with Gasteiger partial charge in [0.25, 0.3) is 5.82 Å². The lowest BCUT2D eigenvalue weighted by atomic mass is 10.2. The van der Waals surface area contributed by atoms with Gasteiger partial charge in [0.1, 0.15) is 5.75 Å². The SMILES string of the molecule is CCN=C(N)N/N=C/c1ccc(OCc2n(C)c3ccccc3[n+]2C)cc1. The molecule has 3 rings (SSSR count). The van der Waals surface area contributed by atoms with E-state index in [1.54, 1.807) is 6.21 Å². The van der Waals surface area contributed by atoms with Crippen molar-refractivity contribution < 1.29 is 9.30 Å². The van der Waals surface area contributed by atoms with E-state index >= 15 is 0 Å². The minimum Gasteiger partial charge on any atom is -0.481 e. The van der Waals surface area contributed by atoms with Crippen LogP contribution in [-0.2, 0) is 20.7 Å². The Morgan fingerprint density at radius 3 is 2.67 bits per heavy atom. The van der Waals surface area contributed by atoms with E-state index in [0.717, 1.165) is 17.1 Å². The highest BCUT2D eigenvalue weighted by Gasteiger charge is 2.19. The first-order valence-electron chi connectivity index (χ1n) is 8.84. The zero-order valence-electron chi connectivity index (χ0n) is 15.9. The zero-order chi connectivity index (χ0) is 19.2. The molecular weight excluding hydrogens is 340 g/mol. The number of ether oxygens (including phenoxy) is 1. The predicted octanol–water partition coefficient (Wildman–Crippen LogP) is 1.84. The fraction of sp³-hybridized carbons (Fsp3) is 0.250. The Balaban J connectivity index is 1.64. The Labute approximate surface area is 158 Å². The molecule has 0 aliphatic heterocycles. The number of aliphatic imine (C=N–C) groups is 1. The molecule has 0 spiro atoms. The largest absolute Gasteiger partial charge is 0.481 e. The van der Waals surface area contributed by atoms with Crippen LogP contribution in [-0.4, -0.2) is 23.3 Å². The molecule has 140 valence electrons. The molecule has 0 fully saturated rings. The van der Waals surface area contributed by atoms with E-state index in [-0.39, 0.29) is 0 Å². The third-order valence-corrected chi connectivity index (χ3v) is 4.35. The van der Waals surface area contributed by atoms with Crippen molar-refractivity contribution in [2.45, 2.75) is 13.5 Å². The van der Waals surface area contributed by atoms with Gasteiger partial charge in [0.2, 0.25) is 5.96 Å². The maximum absolute atomic E-state index is 5.97. The minimum atomic E-state index is 0.302. The number of aryl methyl sites for hydroxylation is 2. The molecule has 0 atom stereocenters. The summed E-state index contributed by atoms with van der Waals surface area (Å²) in [5.74, 6) is 2.20. The van der Waals surface area contributed by atoms with Crippen LogP contribution in [0.2, 0.25) is 0 Å². The Morgan fingerprint density at radius 2 is 1.96 bits per heavy atom. The van der Waals surface area contributed by atoms with Crippen LogP contribution < -0.4 is 20.5 Å². The van der Waals surface area contributed by atoms with Crippen molar-refractivity contribution in [1.82, 2.24) is 9.99 Å². The monoisotopic (exact) mass is 365 g/mol. The summed E-state index contributed by atoms with van der Waals surface area (Å²) in [6.07, 6.45) is 1.69. The second kappa shape index (κ2) is 8.35. The average Bonchev–Trinajstić information content (AvgIpc) is 2.92. The summed E-state index contributed by atoms with van der Waals surface area (Å²) in [5, 5.41) is 4.05. The number of nitrogens with one attached hydrogen (secondary N) is 1. The fourth-order valence-corrected chi connectivity index (χ4v) is 2.90. The van der Waals surface area contributed by atoms with Crippen LogP contribution in [0.5, 0.6) is 5.75 Å². The van der Waals surface area contributed by atoms with Crippen molar-refractivity contribution in [3.05, 3.63) is 59.9 Å². The molecular formula is C20H25N6O+. The van der Waals surface area contributed by atoms with E-state index in [0.29, 0.717) is 19.1 Å².